The van der Waals surface area contributed by atoms with Crippen LogP contribution in [-0.4, -0.2) is 37.3 Å². The van der Waals surface area contributed by atoms with Gasteiger partial charge < -0.3 is 10.1 Å². The molecule has 0 bridgehead atoms. The maximum atomic E-state index is 5.62. The number of ether oxygens (including phenoxy) is 1. The third-order valence-electron chi connectivity index (χ3n) is 1.80. The van der Waals surface area contributed by atoms with E-state index in [1.165, 1.54) is 12.2 Å². The molecule has 2 nitrogen and oxygen atoms in total. The predicted molar refractivity (Wildman–Crippen MR) is 50.2 cm³/mol. The van der Waals surface area contributed by atoms with Gasteiger partial charge in [-0.05, 0) is 18.7 Å². The molecule has 0 saturated carbocycles. The molecule has 1 heterocycles. The van der Waals surface area contributed by atoms with Crippen molar-refractivity contribution in [3.63, 3.8) is 0 Å². The lowest BCUT2D eigenvalue weighted by molar-refractivity contribution is 0.0795. The van der Waals surface area contributed by atoms with E-state index in [0.717, 1.165) is 25.4 Å². The summed E-state index contributed by atoms with van der Waals surface area (Å²) >= 11 is 1.95. The molecule has 0 radical (unpaired) electrons. The van der Waals surface area contributed by atoms with Gasteiger partial charge in [0, 0.05) is 12.3 Å². The van der Waals surface area contributed by atoms with Crippen molar-refractivity contribution < 1.29 is 4.74 Å². The maximum absolute atomic E-state index is 5.62. The molecule has 0 aromatic carbocycles. The van der Waals surface area contributed by atoms with Gasteiger partial charge in [-0.15, -0.1) is 0 Å². The van der Waals surface area contributed by atoms with E-state index in [0.29, 0.717) is 6.10 Å². The zero-order chi connectivity index (χ0) is 7.94. The molecule has 1 N–H and O–H groups in total. The van der Waals surface area contributed by atoms with E-state index < -0.39 is 0 Å². The molecule has 1 saturated heterocycles. The summed E-state index contributed by atoms with van der Waals surface area (Å²) in [5, 5.41) is 3.28. The van der Waals surface area contributed by atoms with Crippen LogP contribution in [0.15, 0.2) is 0 Å². The van der Waals surface area contributed by atoms with Crippen molar-refractivity contribution in [2.75, 3.05) is 31.2 Å². The van der Waals surface area contributed by atoms with Gasteiger partial charge in [-0.3, -0.25) is 0 Å². The Labute approximate surface area is 73.1 Å². The second-order valence-electron chi connectivity index (χ2n) is 2.68. The molecule has 11 heavy (non-hydrogen) atoms. The van der Waals surface area contributed by atoms with E-state index in [4.69, 9.17) is 4.74 Å². The Kier molecular flexibility index (Phi) is 4.99. The Hall–Kier alpha value is 0.270. The van der Waals surface area contributed by atoms with Crippen LogP contribution in [0.2, 0.25) is 0 Å². The van der Waals surface area contributed by atoms with Crippen molar-refractivity contribution in [2.24, 2.45) is 0 Å². The van der Waals surface area contributed by atoms with Crippen molar-refractivity contribution in [1.82, 2.24) is 5.32 Å². The largest absolute Gasteiger partial charge is 0.376 e. The average Bonchev–Trinajstić information content (AvgIpc) is 2.50. The highest BCUT2D eigenvalue weighted by atomic mass is 32.2. The summed E-state index contributed by atoms with van der Waals surface area (Å²) in [6.07, 6.45) is 1.68. The molecule has 1 atom stereocenters. The molecule has 0 aromatic heterocycles. The number of hydrogen-bond acceptors (Lipinski definition) is 3. The first-order valence-corrected chi connectivity index (χ1v) is 5.49. The van der Waals surface area contributed by atoms with Crippen LogP contribution >= 0.6 is 11.8 Å². The van der Waals surface area contributed by atoms with Crippen LogP contribution in [0.1, 0.15) is 13.3 Å². The van der Waals surface area contributed by atoms with Crippen LogP contribution in [0, 0.1) is 0 Å². The second kappa shape index (κ2) is 5.86. The predicted octanol–water partition coefficient (Wildman–Crippen LogP) is 1.12. The third-order valence-corrected chi connectivity index (χ3v) is 2.66. The SMILES string of the molecule is CCSCCOC1CCNC1. The van der Waals surface area contributed by atoms with Gasteiger partial charge in [-0.1, -0.05) is 6.92 Å². The Morgan fingerprint density at radius 2 is 2.55 bits per heavy atom. The van der Waals surface area contributed by atoms with E-state index in [-0.39, 0.29) is 0 Å². The Morgan fingerprint density at radius 1 is 1.64 bits per heavy atom. The number of rotatable bonds is 5. The molecule has 1 aliphatic heterocycles. The summed E-state index contributed by atoms with van der Waals surface area (Å²) < 4.78 is 5.62. The summed E-state index contributed by atoms with van der Waals surface area (Å²) in [6.45, 7) is 5.29. The van der Waals surface area contributed by atoms with Gasteiger partial charge in [0.25, 0.3) is 0 Å². The van der Waals surface area contributed by atoms with E-state index in [2.05, 4.69) is 12.2 Å². The molecule has 1 unspecified atom stereocenters. The van der Waals surface area contributed by atoms with Crippen LogP contribution in [0.3, 0.4) is 0 Å². The van der Waals surface area contributed by atoms with Gasteiger partial charge >= 0.3 is 0 Å². The van der Waals surface area contributed by atoms with Gasteiger partial charge in [0.1, 0.15) is 0 Å². The Balaban J connectivity index is 1.86. The van der Waals surface area contributed by atoms with Gasteiger partial charge in [0.15, 0.2) is 0 Å². The summed E-state index contributed by atoms with van der Waals surface area (Å²) in [5.41, 5.74) is 0. The van der Waals surface area contributed by atoms with Crippen LogP contribution in [0.25, 0.3) is 0 Å². The third kappa shape index (κ3) is 3.99. The summed E-state index contributed by atoms with van der Waals surface area (Å²) in [5.74, 6) is 2.35. The fourth-order valence-electron chi connectivity index (χ4n) is 1.19. The molecule has 66 valence electrons. The lowest BCUT2D eigenvalue weighted by atomic mass is 10.3. The van der Waals surface area contributed by atoms with Gasteiger partial charge in [0.2, 0.25) is 0 Å². The Morgan fingerprint density at radius 3 is 3.18 bits per heavy atom. The molecule has 1 fully saturated rings. The number of thioether (sulfide) groups is 1. The summed E-state index contributed by atoms with van der Waals surface area (Å²) in [6, 6.07) is 0. The smallest absolute Gasteiger partial charge is 0.0711 e. The molecule has 0 amide bonds. The van der Waals surface area contributed by atoms with Crippen molar-refractivity contribution >= 4 is 11.8 Å². The van der Waals surface area contributed by atoms with E-state index >= 15 is 0 Å². The van der Waals surface area contributed by atoms with Crippen molar-refractivity contribution in [2.45, 2.75) is 19.4 Å². The molecule has 1 aliphatic rings. The normalized spacial score (nSPS) is 24.3. The van der Waals surface area contributed by atoms with Crippen LogP contribution in [-0.2, 0) is 4.74 Å². The van der Waals surface area contributed by atoms with E-state index in [1.807, 2.05) is 11.8 Å². The molecular formula is C8H17NOS. The van der Waals surface area contributed by atoms with Gasteiger partial charge in [-0.25, -0.2) is 0 Å². The standard InChI is InChI=1S/C8H17NOS/c1-2-11-6-5-10-8-3-4-9-7-8/h8-9H,2-7H2,1H3. The number of nitrogens with one attached hydrogen (secondary N) is 1. The minimum Gasteiger partial charge on any atom is -0.376 e. The first-order chi connectivity index (χ1) is 5.43. The topological polar surface area (TPSA) is 21.3 Å². The first kappa shape index (κ1) is 9.36. The van der Waals surface area contributed by atoms with Gasteiger partial charge in [-0.2, -0.15) is 11.8 Å². The monoisotopic (exact) mass is 175 g/mol. The van der Waals surface area contributed by atoms with Crippen molar-refractivity contribution in [1.29, 1.82) is 0 Å². The van der Waals surface area contributed by atoms with Crippen molar-refractivity contribution in [3.05, 3.63) is 0 Å². The lowest BCUT2D eigenvalue weighted by Crippen LogP contribution is -2.17. The Bertz CT molecular complexity index is 94.1. The maximum Gasteiger partial charge on any atom is 0.0711 e. The van der Waals surface area contributed by atoms with Gasteiger partial charge in [0.05, 0.1) is 12.7 Å². The van der Waals surface area contributed by atoms with Crippen LogP contribution in [0.5, 0.6) is 0 Å². The van der Waals surface area contributed by atoms with Crippen LogP contribution in [0.4, 0.5) is 0 Å². The zero-order valence-electron chi connectivity index (χ0n) is 7.14. The van der Waals surface area contributed by atoms with Crippen LogP contribution < -0.4 is 5.32 Å². The minimum atomic E-state index is 0.493. The zero-order valence-corrected chi connectivity index (χ0v) is 7.95. The molecule has 0 aromatic rings. The number of hydrogen-bond donors (Lipinski definition) is 1. The summed E-state index contributed by atoms with van der Waals surface area (Å²) in [4.78, 5) is 0. The molecular weight excluding hydrogens is 158 g/mol. The average molecular weight is 175 g/mol. The quantitative estimate of drug-likeness (QED) is 0.633. The highest BCUT2D eigenvalue weighted by Gasteiger charge is 2.13. The molecule has 3 heteroatoms. The fraction of sp³-hybridized carbons (Fsp3) is 1.00. The summed E-state index contributed by atoms with van der Waals surface area (Å²) in [7, 11) is 0. The highest BCUT2D eigenvalue weighted by Crippen LogP contribution is 2.04. The molecule has 0 aliphatic carbocycles. The first-order valence-electron chi connectivity index (χ1n) is 4.33. The highest BCUT2D eigenvalue weighted by molar-refractivity contribution is 7.99. The van der Waals surface area contributed by atoms with E-state index in [1.54, 1.807) is 0 Å². The fourth-order valence-corrected chi connectivity index (χ4v) is 1.69. The second-order valence-corrected chi connectivity index (χ2v) is 4.08. The van der Waals surface area contributed by atoms with Crippen molar-refractivity contribution in [3.8, 4) is 0 Å². The minimum absolute atomic E-state index is 0.493. The molecule has 0 spiro atoms. The van der Waals surface area contributed by atoms with E-state index in [9.17, 15) is 0 Å². The molecule has 1 rings (SSSR count). The lowest BCUT2D eigenvalue weighted by Gasteiger charge is -2.08.